The van der Waals surface area contributed by atoms with Crippen molar-refractivity contribution in [1.82, 2.24) is 5.43 Å². The minimum atomic E-state index is 0.761. The molecule has 4 nitrogen and oxygen atoms in total. The average molecular weight is 338 g/mol. The molecule has 1 aliphatic carbocycles. The van der Waals surface area contributed by atoms with Crippen LogP contribution >= 0.6 is 0 Å². The monoisotopic (exact) mass is 338 g/mol. The minimum Gasteiger partial charge on any atom is -0.332 e. The molecule has 0 amide bonds. The van der Waals surface area contributed by atoms with Gasteiger partial charge in [0, 0.05) is 13.2 Å². The lowest BCUT2D eigenvalue weighted by molar-refractivity contribution is 0.896. The number of nitrogens with zero attached hydrogens (tertiary/aromatic N) is 1. The van der Waals surface area contributed by atoms with E-state index in [4.69, 9.17) is 5.84 Å². The van der Waals surface area contributed by atoms with Gasteiger partial charge < -0.3 is 10.4 Å². The van der Waals surface area contributed by atoms with Crippen LogP contribution in [0.4, 0.5) is 5.69 Å². The van der Waals surface area contributed by atoms with E-state index >= 15 is 0 Å². The molecular formula is C21H30N4. The zero-order valence-electron chi connectivity index (χ0n) is 15.3. The molecule has 0 unspecified atom stereocenters. The van der Waals surface area contributed by atoms with Crippen LogP contribution in [0.15, 0.2) is 55.2 Å². The first kappa shape index (κ1) is 19.0. The highest BCUT2D eigenvalue weighted by Crippen LogP contribution is 2.43. The Kier molecular flexibility index (Phi) is 7.04. The van der Waals surface area contributed by atoms with Crippen molar-refractivity contribution in [2.24, 2.45) is 11.7 Å². The standard InChI is InChI=1S/C19H24N2.C2H6N2/c1-14-6-3-4-7-15(14)12-13-18-17(16-10-11-16)8-5-9-19(18)21(2)20;1-2-4-3/h3-9,16H,10-13,20H2,1-2H3;2,4H,1,3H2. The van der Waals surface area contributed by atoms with Crippen LogP contribution in [-0.2, 0) is 12.8 Å². The Bertz CT molecular complexity index is 670. The van der Waals surface area contributed by atoms with Gasteiger partial charge in [0.05, 0.1) is 5.69 Å². The van der Waals surface area contributed by atoms with Gasteiger partial charge in [0.2, 0.25) is 0 Å². The first-order valence-corrected chi connectivity index (χ1v) is 8.80. The van der Waals surface area contributed by atoms with E-state index in [2.05, 4.69) is 67.2 Å². The summed E-state index contributed by atoms with van der Waals surface area (Å²) in [5.74, 6) is 11.5. The Morgan fingerprint density at radius 2 is 1.84 bits per heavy atom. The number of hydrogen-bond acceptors (Lipinski definition) is 4. The van der Waals surface area contributed by atoms with Crippen molar-refractivity contribution < 1.29 is 0 Å². The number of nitrogens with two attached hydrogens (primary N) is 2. The zero-order chi connectivity index (χ0) is 18.2. The van der Waals surface area contributed by atoms with E-state index < -0.39 is 0 Å². The third-order valence-electron chi connectivity index (χ3n) is 4.61. The van der Waals surface area contributed by atoms with Crippen LogP contribution in [0.2, 0.25) is 0 Å². The third kappa shape index (κ3) is 5.34. The molecule has 0 heterocycles. The average Bonchev–Trinajstić information content (AvgIpc) is 3.46. The number of nitrogens with one attached hydrogen (secondary N) is 1. The molecule has 0 radical (unpaired) electrons. The Hall–Kier alpha value is -2.30. The van der Waals surface area contributed by atoms with Crippen molar-refractivity contribution in [2.75, 3.05) is 12.1 Å². The quantitative estimate of drug-likeness (QED) is 0.556. The Balaban J connectivity index is 0.000000511. The normalized spacial score (nSPS) is 12.8. The lowest BCUT2D eigenvalue weighted by atomic mass is 9.94. The molecule has 25 heavy (non-hydrogen) atoms. The number of benzene rings is 2. The predicted molar refractivity (Wildman–Crippen MR) is 107 cm³/mol. The summed E-state index contributed by atoms with van der Waals surface area (Å²) >= 11 is 0. The summed E-state index contributed by atoms with van der Waals surface area (Å²) in [6, 6.07) is 15.2. The SMILES string of the molecule is C=CNN.Cc1ccccc1CCc1c(C2CC2)cccc1N(C)N. The molecule has 0 saturated heterocycles. The van der Waals surface area contributed by atoms with E-state index in [0.29, 0.717) is 0 Å². The fourth-order valence-electron chi connectivity index (χ4n) is 3.12. The molecule has 2 aromatic carbocycles. The smallest absolute Gasteiger partial charge is 0.0548 e. The van der Waals surface area contributed by atoms with Gasteiger partial charge in [0.1, 0.15) is 0 Å². The predicted octanol–water partition coefficient (Wildman–Crippen LogP) is 3.56. The number of anilines is 1. The van der Waals surface area contributed by atoms with Crippen molar-refractivity contribution in [3.8, 4) is 0 Å². The number of aryl methyl sites for hydroxylation is 2. The molecule has 0 bridgehead atoms. The first-order chi connectivity index (χ1) is 12.1. The van der Waals surface area contributed by atoms with Crippen LogP contribution in [0.5, 0.6) is 0 Å². The molecule has 0 atom stereocenters. The third-order valence-corrected chi connectivity index (χ3v) is 4.61. The lowest BCUT2D eigenvalue weighted by Gasteiger charge is -2.20. The molecular weight excluding hydrogens is 308 g/mol. The van der Waals surface area contributed by atoms with Gasteiger partial charge in [0.25, 0.3) is 0 Å². The molecule has 5 N–H and O–H groups in total. The summed E-state index contributed by atoms with van der Waals surface area (Å²) in [5, 5.41) is 1.76. The molecule has 1 saturated carbocycles. The molecule has 0 spiro atoms. The van der Waals surface area contributed by atoms with E-state index in [1.54, 1.807) is 5.01 Å². The Morgan fingerprint density at radius 1 is 1.16 bits per heavy atom. The molecule has 134 valence electrons. The topological polar surface area (TPSA) is 67.3 Å². The Labute approximate surface area is 151 Å². The van der Waals surface area contributed by atoms with E-state index in [1.807, 2.05) is 7.05 Å². The van der Waals surface area contributed by atoms with Crippen LogP contribution in [0.1, 0.15) is 41.0 Å². The van der Waals surface area contributed by atoms with E-state index in [9.17, 15) is 0 Å². The fraction of sp³-hybridized carbons (Fsp3) is 0.333. The second-order valence-corrected chi connectivity index (χ2v) is 6.53. The van der Waals surface area contributed by atoms with Gasteiger partial charge in [-0.2, -0.15) is 0 Å². The number of hydrogen-bond donors (Lipinski definition) is 3. The molecule has 2 aromatic rings. The first-order valence-electron chi connectivity index (χ1n) is 8.80. The molecule has 1 fully saturated rings. The summed E-state index contributed by atoms with van der Waals surface area (Å²) in [6.45, 7) is 5.44. The maximum Gasteiger partial charge on any atom is 0.0548 e. The van der Waals surface area contributed by atoms with Crippen molar-refractivity contribution in [3.05, 3.63) is 77.5 Å². The van der Waals surface area contributed by atoms with Crippen molar-refractivity contribution in [3.63, 3.8) is 0 Å². The fourth-order valence-corrected chi connectivity index (χ4v) is 3.12. The van der Waals surface area contributed by atoms with Gasteiger partial charge in [-0.3, -0.25) is 5.84 Å². The van der Waals surface area contributed by atoms with Gasteiger partial charge >= 0.3 is 0 Å². The van der Waals surface area contributed by atoms with Crippen molar-refractivity contribution in [1.29, 1.82) is 0 Å². The van der Waals surface area contributed by atoms with Gasteiger partial charge in [-0.15, -0.1) is 0 Å². The Morgan fingerprint density at radius 3 is 2.40 bits per heavy atom. The molecule has 0 aromatic heterocycles. The molecule has 3 rings (SSSR count). The summed E-state index contributed by atoms with van der Waals surface area (Å²) < 4.78 is 0. The maximum absolute atomic E-state index is 6.04. The lowest BCUT2D eigenvalue weighted by Crippen LogP contribution is -2.26. The summed E-state index contributed by atoms with van der Waals surface area (Å²) in [7, 11) is 1.93. The van der Waals surface area contributed by atoms with E-state index in [-0.39, 0.29) is 0 Å². The highest BCUT2D eigenvalue weighted by atomic mass is 15.4. The second kappa shape index (κ2) is 9.25. The second-order valence-electron chi connectivity index (χ2n) is 6.53. The summed E-state index contributed by atoms with van der Waals surface area (Å²) in [5.41, 5.74) is 9.14. The van der Waals surface area contributed by atoms with Gasteiger partial charge in [-0.25, -0.2) is 5.84 Å². The van der Waals surface area contributed by atoms with Crippen LogP contribution in [-0.4, -0.2) is 7.05 Å². The highest BCUT2D eigenvalue weighted by molar-refractivity contribution is 5.57. The van der Waals surface area contributed by atoms with Crippen molar-refractivity contribution in [2.45, 2.75) is 38.5 Å². The number of rotatable bonds is 6. The van der Waals surface area contributed by atoms with Gasteiger partial charge in [0.15, 0.2) is 0 Å². The minimum absolute atomic E-state index is 0.761. The van der Waals surface area contributed by atoms with Crippen LogP contribution in [0, 0.1) is 6.92 Å². The van der Waals surface area contributed by atoms with Crippen LogP contribution < -0.4 is 22.1 Å². The van der Waals surface area contributed by atoms with E-state index in [0.717, 1.165) is 18.8 Å². The van der Waals surface area contributed by atoms with Gasteiger partial charge in [-0.05, 0) is 66.8 Å². The summed E-state index contributed by atoms with van der Waals surface area (Å²) in [4.78, 5) is 0. The molecule has 0 aliphatic heterocycles. The molecule has 4 heteroatoms. The van der Waals surface area contributed by atoms with Crippen LogP contribution in [0.25, 0.3) is 0 Å². The van der Waals surface area contributed by atoms with Gasteiger partial charge in [-0.1, -0.05) is 43.0 Å². The highest BCUT2D eigenvalue weighted by Gasteiger charge is 2.27. The largest absolute Gasteiger partial charge is 0.332 e. The summed E-state index contributed by atoms with van der Waals surface area (Å²) in [6.07, 6.45) is 6.20. The zero-order valence-corrected chi connectivity index (χ0v) is 15.3. The molecule has 1 aliphatic rings. The van der Waals surface area contributed by atoms with Crippen LogP contribution in [0.3, 0.4) is 0 Å². The number of hydrazine groups is 2. The maximum atomic E-state index is 6.04. The van der Waals surface area contributed by atoms with Crippen molar-refractivity contribution >= 4 is 5.69 Å². The van der Waals surface area contributed by atoms with E-state index in [1.165, 1.54) is 47.0 Å².